The van der Waals surface area contributed by atoms with Crippen LogP contribution in [-0.2, 0) is 14.9 Å². The smallest absolute Gasteiger partial charge is 0.306 e. The molecule has 1 unspecified atom stereocenters. The van der Waals surface area contributed by atoms with Crippen LogP contribution in [0.1, 0.15) is 77.5 Å². The van der Waals surface area contributed by atoms with Gasteiger partial charge in [0.25, 0.3) is 0 Å². The highest BCUT2D eigenvalue weighted by Gasteiger charge is 2.18. The molecule has 0 saturated heterocycles. The second kappa shape index (κ2) is 7.47. The second-order valence-electron chi connectivity index (χ2n) is 6.37. The number of unbranched alkanes of at least 4 members (excludes halogenated alkanes) is 1. The summed E-state index contributed by atoms with van der Waals surface area (Å²) in [6, 6.07) is 8.41. The molecule has 20 heavy (non-hydrogen) atoms. The molecule has 2 heteroatoms. The first-order valence-corrected chi connectivity index (χ1v) is 7.68. The molecule has 0 aliphatic rings. The third kappa shape index (κ3) is 4.99. The Morgan fingerprint density at radius 3 is 2.50 bits per heavy atom. The van der Waals surface area contributed by atoms with Crippen LogP contribution in [0, 0.1) is 0 Å². The molecule has 0 N–H and O–H groups in total. The zero-order valence-electron chi connectivity index (χ0n) is 13.5. The van der Waals surface area contributed by atoms with Crippen molar-refractivity contribution in [1.29, 1.82) is 0 Å². The summed E-state index contributed by atoms with van der Waals surface area (Å²) in [6.07, 6.45) is 3.13. The molecule has 1 aromatic rings. The summed E-state index contributed by atoms with van der Waals surface area (Å²) >= 11 is 0. The van der Waals surface area contributed by atoms with Crippen LogP contribution in [0.5, 0.6) is 0 Å². The summed E-state index contributed by atoms with van der Waals surface area (Å²) in [5.41, 5.74) is 2.49. The number of hydrogen-bond acceptors (Lipinski definition) is 2. The maximum Gasteiger partial charge on any atom is 0.306 e. The Bertz CT molecular complexity index is 429. The minimum Gasteiger partial charge on any atom is -0.457 e. The molecule has 112 valence electrons. The summed E-state index contributed by atoms with van der Waals surface area (Å²) in [6.45, 7) is 10.7. The van der Waals surface area contributed by atoms with E-state index in [-0.39, 0.29) is 17.5 Å². The first-order chi connectivity index (χ1) is 9.38. The summed E-state index contributed by atoms with van der Waals surface area (Å²) in [4.78, 5) is 11.8. The fourth-order valence-electron chi connectivity index (χ4n) is 2.13. The van der Waals surface area contributed by atoms with Crippen LogP contribution in [0.3, 0.4) is 0 Å². The number of carbonyl (C=O) groups excluding carboxylic acids is 1. The SMILES string of the molecule is CCCCC(=O)OC(CC)c1cccc(C(C)(C)C)c1. The third-order valence-electron chi connectivity index (χ3n) is 3.50. The van der Waals surface area contributed by atoms with Crippen LogP contribution >= 0.6 is 0 Å². The largest absolute Gasteiger partial charge is 0.457 e. The summed E-state index contributed by atoms with van der Waals surface area (Å²) in [7, 11) is 0. The molecule has 0 aromatic heterocycles. The van der Waals surface area contributed by atoms with Gasteiger partial charge < -0.3 is 4.74 Å². The highest BCUT2D eigenvalue weighted by Crippen LogP contribution is 2.28. The van der Waals surface area contributed by atoms with E-state index in [0.717, 1.165) is 24.8 Å². The van der Waals surface area contributed by atoms with Crippen molar-refractivity contribution in [3.8, 4) is 0 Å². The predicted molar refractivity (Wildman–Crippen MR) is 83.8 cm³/mol. The Morgan fingerprint density at radius 1 is 1.25 bits per heavy atom. The highest BCUT2D eigenvalue weighted by molar-refractivity contribution is 5.69. The molecule has 0 amide bonds. The number of ether oxygens (including phenoxy) is 1. The van der Waals surface area contributed by atoms with Gasteiger partial charge in [-0.3, -0.25) is 4.79 Å². The molecule has 1 aromatic carbocycles. The van der Waals surface area contributed by atoms with Gasteiger partial charge in [0.05, 0.1) is 0 Å². The molecular weight excluding hydrogens is 248 g/mol. The zero-order valence-corrected chi connectivity index (χ0v) is 13.5. The van der Waals surface area contributed by atoms with Crippen molar-refractivity contribution in [2.45, 2.75) is 71.8 Å². The minimum absolute atomic E-state index is 0.0835. The van der Waals surface area contributed by atoms with E-state index >= 15 is 0 Å². The predicted octanol–water partition coefficient (Wildman–Crippen LogP) is 5.17. The van der Waals surface area contributed by atoms with Crippen LogP contribution in [0.4, 0.5) is 0 Å². The molecule has 0 heterocycles. The van der Waals surface area contributed by atoms with Gasteiger partial charge in [-0.05, 0) is 29.4 Å². The van der Waals surface area contributed by atoms with Crippen molar-refractivity contribution < 1.29 is 9.53 Å². The molecule has 1 rings (SSSR count). The lowest BCUT2D eigenvalue weighted by atomic mass is 9.85. The van der Waals surface area contributed by atoms with Crippen molar-refractivity contribution in [2.75, 3.05) is 0 Å². The van der Waals surface area contributed by atoms with Crippen molar-refractivity contribution in [3.05, 3.63) is 35.4 Å². The van der Waals surface area contributed by atoms with Gasteiger partial charge in [-0.2, -0.15) is 0 Å². The monoisotopic (exact) mass is 276 g/mol. The highest BCUT2D eigenvalue weighted by atomic mass is 16.5. The number of benzene rings is 1. The minimum atomic E-state index is -0.123. The van der Waals surface area contributed by atoms with E-state index in [1.54, 1.807) is 0 Å². The Balaban J connectivity index is 2.82. The average Bonchev–Trinajstić information content (AvgIpc) is 2.41. The van der Waals surface area contributed by atoms with Crippen LogP contribution in [0.2, 0.25) is 0 Å². The van der Waals surface area contributed by atoms with E-state index in [2.05, 4.69) is 58.9 Å². The van der Waals surface area contributed by atoms with Gasteiger partial charge >= 0.3 is 5.97 Å². The Morgan fingerprint density at radius 2 is 1.95 bits per heavy atom. The lowest BCUT2D eigenvalue weighted by Crippen LogP contribution is -2.14. The standard InChI is InChI=1S/C18H28O2/c1-6-8-12-17(19)20-16(7-2)14-10-9-11-15(13-14)18(3,4)5/h9-11,13,16H,6-8,12H2,1-5H3. The fraction of sp³-hybridized carbons (Fsp3) is 0.611. The van der Waals surface area contributed by atoms with Crippen molar-refractivity contribution in [1.82, 2.24) is 0 Å². The molecular formula is C18H28O2. The van der Waals surface area contributed by atoms with Gasteiger partial charge in [-0.1, -0.05) is 65.3 Å². The van der Waals surface area contributed by atoms with Crippen molar-refractivity contribution in [2.24, 2.45) is 0 Å². The van der Waals surface area contributed by atoms with Crippen LogP contribution in [0.25, 0.3) is 0 Å². The first kappa shape index (κ1) is 16.7. The molecule has 1 atom stereocenters. The molecule has 0 aliphatic heterocycles. The molecule has 0 spiro atoms. The number of rotatable bonds is 6. The lowest BCUT2D eigenvalue weighted by Gasteiger charge is -2.22. The van der Waals surface area contributed by atoms with Gasteiger partial charge in [-0.25, -0.2) is 0 Å². The van der Waals surface area contributed by atoms with Gasteiger partial charge in [0.15, 0.2) is 0 Å². The van der Waals surface area contributed by atoms with Gasteiger partial charge in [0.2, 0.25) is 0 Å². The van der Waals surface area contributed by atoms with Gasteiger partial charge in [0, 0.05) is 6.42 Å². The summed E-state index contributed by atoms with van der Waals surface area (Å²) in [5, 5.41) is 0. The van der Waals surface area contributed by atoms with Crippen LogP contribution < -0.4 is 0 Å². The summed E-state index contributed by atoms with van der Waals surface area (Å²) in [5.74, 6) is -0.0835. The first-order valence-electron chi connectivity index (χ1n) is 7.68. The van der Waals surface area contributed by atoms with E-state index in [1.165, 1.54) is 5.56 Å². The fourth-order valence-corrected chi connectivity index (χ4v) is 2.13. The van der Waals surface area contributed by atoms with E-state index in [0.29, 0.717) is 6.42 Å². The van der Waals surface area contributed by atoms with Crippen LogP contribution in [-0.4, -0.2) is 5.97 Å². The second-order valence-corrected chi connectivity index (χ2v) is 6.37. The lowest BCUT2D eigenvalue weighted by molar-refractivity contribution is -0.149. The van der Waals surface area contributed by atoms with Crippen molar-refractivity contribution in [3.63, 3.8) is 0 Å². The van der Waals surface area contributed by atoms with E-state index in [9.17, 15) is 4.79 Å². The van der Waals surface area contributed by atoms with Crippen molar-refractivity contribution >= 4 is 5.97 Å². The molecule has 0 saturated carbocycles. The molecule has 0 aliphatic carbocycles. The molecule has 0 bridgehead atoms. The molecule has 0 fully saturated rings. The van der Waals surface area contributed by atoms with E-state index in [4.69, 9.17) is 4.74 Å². The van der Waals surface area contributed by atoms with Gasteiger partial charge in [-0.15, -0.1) is 0 Å². The average molecular weight is 276 g/mol. The molecule has 0 radical (unpaired) electrons. The van der Waals surface area contributed by atoms with E-state index < -0.39 is 0 Å². The summed E-state index contributed by atoms with van der Waals surface area (Å²) < 4.78 is 5.62. The van der Waals surface area contributed by atoms with Crippen LogP contribution in [0.15, 0.2) is 24.3 Å². The van der Waals surface area contributed by atoms with Gasteiger partial charge in [0.1, 0.15) is 6.10 Å². The number of carbonyl (C=O) groups is 1. The maximum absolute atomic E-state index is 11.8. The Labute approximate surface area is 123 Å². The number of esters is 1. The number of hydrogen-bond donors (Lipinski definition) is 0. The Hall–Kier alpha value is -1.31. The zero-order chi connectivity index (χ0) is 15.2. The topological polar surface area (TPSA) is 26.3 Å². The maximum atomic E-state index is 11.8. The normalized spacial score (nSPS) is 13.1. The Kier molecular flexibility index (Phi) is 6.25. The quantitative estimate of drug-likeness (QED) is 0.670. The van der Waals surface area contributed by atoms with E-state index in [1.807, 2.05) is 0 Å². The third-order valence-corrected chi connectivity index (χ3v) is 3.50. The molecule has 2 nitrogen and oxygen atoms in total.